The number of likely N-dealkylation sites (N-methyl/N-ethyl adjacent to an activating group) is 1. The summed E-state index contributed by atoms with van der Waals surface area (Å²) < 4.78 is 5.37. The lowest BCUT2D eigenvalue weighted by Gasteiger charge is -2.34. The SMILES string of the molecule is CC1OCC(N(C)C)CC1O. The molecule has 0 aliphatic carbocycles. The maximum absolute atomic E-state index is 9.45. The summed E-state index contributed by atoms with van der Waals surface area (Å²) >= 11 is 0. The van der Waals surface area contributed by atoms with Gasteiger partial charge in [0.2, 0.25) is 0 Å². The van der Waals surface area contributed by atoms with Gasteiger partial charge in [0, 0.05) is 6.04 Å². The van der Waals surface area contributed by atoms with Crippen molar-refractivity contribution in [1.82, 2.24) is 4.90 Å². The van der Waals surface area contributed by atoms with Crippen molar-refractivity contribution in [3.63, 3.8) is 0 Å². The molecule has 0 amide bonds. The summed E-state index contributed by atoms with van der Waals surface area (Å²) in [6.07, 6.45) is 0.538. The van der Waals surface area contributed by atoms with Gasteiger partial charge in [-0.25, -0.2) is 0 Å². The van der Waals surface area contributed by atoms with Gasteiger partial charge in [-0.3, -0.25) is 0 Å². The molecule has 1 aliphatic heterocycles. The Kier molecular flexibility index (Phi) is 2.87. The number of ether oxygens (including phenoxy) is 1. The second-order valence-corrected chi connectivity index (χ2v) is 3.46. The molecule has 1 saturated heterocycles. The molecule has 3 atom stereocenters. The molecule has 11 heavy (non-hydrogen) atoms. The topological polar surface area (TPSA) is 32.7 Å². The second kappa shape index (κ2) is 3.52. The van der Waals surface area contributed by atoms with Gasteiger partial charge in [-0.05, 0) is 27.4 Å². The van der Waals surface area contributed by atoms with Crippen LogP contribution in [0.2, 0.25) is 0 Å². The maximum Gasteiger partial charge on any atom is 0.0814 e. The Hall–Kier alpha value is -0.120. The number of hydrogen-bond donors (Lipinski definition) is 1. The lowest BCUT2D eigenvalue weighted by atomic mass is 10.0. The third kappa shape index (κ3) is 2.15. The lowest BCUT2D eigenvalue weighted by molar-refractivity contribution is -0.0935. The van der Waals surface area contributed by atoms with Crippen molar-refractivity contribution >= 4 is 0 Å². The number of aliphatic hydroxyl groups excluding tert-OH is 1. The first-order valence-corrected chi connectivity index (χ1v) is 4.07. The third-order valence-electron chi connectivity index (χ3n) is 2.34. The molecule has 0 aromatic heterocycles. The van der Waals surface area contributed by atoms with Crippen molar-refractivity contribution in [3.8, 4) is 0 Å². The Balaban J connectivity index is 2.40. The van der Waals surface area contributed by atoms with Crippen molar-refractivity contribution in [1.29, 1.82) is 0 Å². The van der Waals surface area contributed by atoms with Crippen LogP contribution in [0, 0.1) is 0 Å². The Labute approximate surface area is 68.0 Å². The fourth-order valence-electron chi connectivity index (χ4n) is 1.27. The Bertz CT molecular complexity index is 127. The van der Waals surface area contributed by atoms with Gasteiger partial charge in [0.15, 0.2) is 0 Å². The minimum atomic E-state index is -0.295. The highest BCUT2D eigenvalue weighted by Gasteiger charge is 2.27. The van der Waals surface area contributed by atoms with Crippen LogP contribution in [0.15, 0.2) is 0 Å². The summed E-state index contributed by atoms with van der Waals surface area (Å²) in [5, 5.41) is 9.45. The zero-order valence-corrected chi connectivity index (χ0v) is 7.45. The van der Waals surface area contributed by atoms with Crippen molar-refractivity contribution in [3.05, 3.63) is 0 Å². The molecule has 3 heteroatoms. The summed E-state index contributed by atoms with van der Waals surface area (Å²) in [6, 6.07) is 0.376. The van der Waals surface area contributed by atoms with Gasteiger partial charge >= 0.3 is 0 Å². The number of rotatable bonds is 1. The fourth-order valence-corrected chi connectivity index (χ4v) is 1.27. The van der Waals surface area contributed by atoms with Gasteiger partial charge in [0.05, 0.1) is 18.8 Å². The van der Waals surface area contributed by atoms with Crippen LogP contribution in [0.25, 0.3) is 0 Å². The van der Waals surface area contributed by atoms with Gasteiger partial charge in [0.1, 0.15) is 0 Å². The predicted molar refractivity (Wildman–Crippen MR) is 43.5 cm³/mol. The molecule has 66 valence electrons. The van der Waals surface area contributed by atoms with Gasteiger partial charge in [-0.1, -0.05) is 0 Å². The van der Waals surface area contributed by atoms with Crippen LogP contribution in [0.5, 0.6) is 0 Å². The van der Waals surface area contributed by atoms with E-state index in [9.17, 15) is 5.11 Å². The average Bonchev–Trinajstić information content (AvgIpc) is 1.94. The summed E-state index contributed by atoms with van der Waals surface area (Å²) in [7, 11) is 4.02. The van der Waals surface area contributed by atoms with Crippen LogP contribution in [0.1, 0.15) is 13.3 Å². The highest BCUT2D eigenvalue weighted by atomic mass is 16.5. The minimum absolute atomic E-state index is 0.00574. The number of nitrogens with zero attached hydrogens (tertiary/aromatic N) is 1. The van der Waals surface area contributed by atoms with E-state index in [0.29, 0.717) is 6.04 Å². The fraction of sp³-hybridized carbons (Fsp3) is 1.00. The van der Waals surface area contributed by atoms with Crippen molar-refractivity contribution < 1.29 is 9.84 Å². The molecule has 0 radical (unpaired) electrons. The molecule has 3 unspecified atom stereocenters. The molecule has 1 heterocycles. The van der Waals surface area contributed by atoms with E-state index in [0.717, 1.165) is 13.0 Å². The van der Waals surface area contributed by atoms with Crippen molar-refractivity contribution in [2.45, 2.75) is 31.6 Å². The highest BCUT2D eigenvalue weighted by molar-refractivity contribution is 4.79. The van der Waals surface area contributed by atoms with Gasteiger partial charge in [-0.15, -0.1) is 0 Å². The molecule has 0 spiro atoms. The van der Waals surface area contributed by atoms with E-state index in [2.05, 4.69) is 4.90 Å². The summed E-state index contributed by atoms with van der Waals surface area (Å²) in [5.74, 6) is 0. The van der Waals surface area contributed by atoms with Crippen LogP contribution < -0.4 is 0 Å². The summed E-state index contributed by atoms with van der Waals surface area (Å²) in [6.45, 7) is 2.65. The van der Waals surface area contributed by atoms with Crippen molar-refractivity contribution in [2.75, 3.05) is 20.7 Å². The van der Waals surface area contributed by atoms with E-state index in [4.69, 9.17) is 4.74 Å². The summed E-state index contributed by atoms with van der Waals surface area (Å²) in [4.78, 5) is 2.09. The first kappa shape index (κ1) is 8.97. The van der Waals surface area contributed by atoms with E-state index in [1.165, 1.54) is 0 Å². The molecule has 0 saturated carbocycles. The van der Waals surface area contributed by atoms with Gasteiger partial charge < -0.3 is 14.7 Å². The van der Waals surface area contributed by atoms with E-state index in [1.54, 1.807) is 0 Å². The zero-order valence-electron chi connectivity index (χ0n) is 7.45. The predicted octanol–water partition coefficient (Wildman–Crippen LogP) is 0.0863. The first-order valence-electron chi connectivity index (χ1n) is 4.07. The monoisotopic (exact) mass is 159 g/mol. The van der Waals surface area contributed by atoms with Crippen LogP contribution in [0.3, 0.4) is 0 Å². The molecule has 0 bridgehead atoms. The van der Waals surface area contributed by atoms with Crippen LogP contribution >= 0.6 is 0 Å². The van der Waals surface area contributed by atoms with Gasteiger partial charge in [-0.2, -0.15) is 0 Å². The maximum atomic E-state index is 9.45. The molecular weight excluding hydrogens is 142 g/mol. The average molecular weight is 159 g/mol. The van der Waals surface area contributed by atoms with Crippen LogP contribution in [0.4, 0.5) is 0 Å². The Morgan fingerprint density at radius 3 is 2.55 bits per heavy atom. The quantitative estimate of drug-likeness (QED) is 0.588. The molecule has 1 N–H and O–H groups in total. The Morgan fingerprint density at radius 1 is 1.45 bits per heavy atom. The van der Waals surface area contributed by atoms with Gasteiger partial charge in [0.25, 0.3) is 0 Å². The number of aliphatic hydroxyl groups is 1. The van der Waals surface area contributed by atoms with E-state index >= 15 is 0 Å². The zero-order chi connectivity index (χ0) is 8.43. The Morgan fingerprint density at radius 2 is 2.09 bits per heavy atom. The molecule has 1 aliphatic rings. The van der Waals surface area contributed by atoms with Crippen LogP contribution in [-0.2, 0) is 4.74 Å². The minimum Gasteiger partial charge on any atom is -0.390 e. The van der Waals surface area contributed by atoms with E-state index < -0.39 is 0 Å². The molecule has 0 aromatic carbocycles. The smallest absolute Gasteiger partial charge is 0.0814 e. The van der Waals surface area contributed by atoms with Crippen LogP contribution in [-0.4, -0.2) is 49.0 Å². The highest BCUT2D eigenvalue weighted by Crippen LogP contribution is 2.16. The van der Waals surface area contributed by atoms with Crippen molar-refractivity contribution in [2.24, 2.45) is 0 Å². The molecule has 3 nitrogen and oxygen atoms in total. The molecule has 1 fully saturated rings. The normalized spacial score (nSPS) is 39.5. The van der Waals surface area contributed by atoms with E-state index in [-0.39, 0.29) is 12.2 Å². The standard InChI is InChI=1S/C8H17NO2/c1-6-8(10)4-7(5-11-6)9(2)3/h6-8,10H,4-5H2,1-3H3. The molecule has 1 rings (SSSR count). The lowest BCUT2D eigenvalue weighted by Crippen LogP contribution is -2.45. The first-order chi connectivity index (χ1) is 5.11. The largest absolute Gasteiger partial charge is 0.390 e. The summed E-state index contributed by atoms with van der Waals surface area (Å²) in [5.41, 5.74) is 0. The van der Waals surface area contributed by atoms with E-state index in [1.807, 2.05) is 21.0 Å². The third-order valence-corrected chi connectivity index (χ3v) is 2.34. The molecule has 0 aromatic rings. The number of hydrogen-bond acceptors (Lipinski definition) is 3. The molecular formula is C8H17NO2. The second-order valence-electron chi connectivity index (χ2n) is 3.46.